The van der Waals surface area contributed by atoms with Crippen molar-refractivity contribution >= 4 is 16.6 Å². The zero-order valence-corrected chi connectivity index (χ0v) is 10.5. The van der Waals surface area contributed by atoms with Gasteiger partial charge in [0, 0.05) is 23.5 Å². The van der Waals surface area contributed by atoms with Crippen molar-refractivity contribution in [1.82, 2.24) is 9.38 Å². The minimum absolute atomic E-state index is 0.340. The van der Waals surface area contributed by atoms with E-state index in [1.807, 2.05) is 59.3 Å². The van der Waals surface area contributed by atoms with Gasteiger partial charge in [0.15, 0.2) is 11.3 Å². The second-order valence-corrected chi connectivity index (χ2v) is 4.58. The average Bonchev–Trinajstić information content (AvgIpc) is 2.90. The van der Waals surface area contributed by atoms with Gasteiger partial charge < -0.3 is 8.82 Å². The smallest absolute Gasteiger partial charge is 0.363 e. The van der Waals surface area contributed by atoms with Gasteiger partial charge in [0.25, 0.3) is 0 Å². The van der Waals surface area contributed by atoms with Crippen LogP contribution in [0.1, 0.15) is 0 Å². The number of benzene rings is 1. The van der Waals surface area contributed by atoms with Crippen LogP contribution in [0.2, 0.25) is 0 Å². The molecule has 96 valence electrons. The lowest BCUT2D eigenvalue weighted by atomic mass is 10.2. The average molecular weight is 262 g/mol. The predicted octanol–water partition coefficient (Wildman–Crippen LogP) is 3.11. The SMILES string of the molecule is O=c1oc2ccccc2nc1-c1cc2ccccn2c1. The van der Waals surface area contributed by atoms with Crippen molar-refractivity contribution in [3.63, 3.8) is 0 Å². The van der Waals surface area contributed by atoms with Crippen LogP contribution < -0.4 is 5.63 Å². The Morgan fingerprint density at radius 1 is 1.05 bits per heavy atom. The molecule has 0 spiro atoms. The van der Waals surface area contributed by atoms with Crippen LogP contribution in [0.5, 0.6) is 0 Å². The van der Waals surface area contributed by atoms with E-state index in [1.54, 1.807) is 6.07 Å². The summed E-state index contributed by atoms with van der Waals surface area (Å²) >= 11 is 0. The van der Waals surface area contributed by atoms with Gasteiger partial charge in [-0.15, -0.1) is 0 Å². The van der Waals surface area contributed by atoms with Crippen molar-refractivity contribution in [3.8, 4) is 11.3 Å². The molecule has 0 atom stereocenters. The Morgan fingerprint density at radius 3 is 2.80 bits per heavy atom. The van der Waals surface area contributed by atoms with Gasteiger partial charge in [0.1, 0.15) is 5.52 Å². The summed E-state index contributed by atoms with van der Waals surface area (Å²) < 4.78 is 7.27. The Kier molecular flexibility index (Phi) is 2.23. The number of nitrogens with zero attached hydrogens (tertiary/aromatic N) is 2. The van der Waals surface area contributed by atoms with Crippen molar-refractivity contribution in [3.05, 3.63) is 71.3 Å². The van der Waals surface area contributed by atoms with E-state index in [1.165, 1.54) is 0 Å². The van der Waals surface area contributed by atoms with Crippen molar-refractivity contribution < 1.29 is 4.42 Å². The fraction of sp³-hybridized carbons (Fsp3) is 0. The van der Waals surface area contributed by atoms with Gasteiger partial charge in [-0.05, 0) is 30.3 Å². The molecule has 20 heavy (non-hydrogen) atoms. The van der Waals surface area contributed by atoms with E-state index in [0.717, 1.165) is 11.1 Å². The van der Waals surface area contributed by atoms with Crippen molar-refractivity contribution in [2.24, 2.45) is 0 Å². The highest BCUT2D eigenvalue weighted by molar-refractivity contribution is 5.75. The highest BCUT2D eigenvalue weighted by atomic mass is 16.4. The van der Waals surface area contributed by atoms with Gasteiger partial charge in [-0.3, -0.25) is 0 Å². The molecule has 4 nitrogen and oxygen atoms in total. The summed E-state index contributed by atoms with van der Waals surface area (Å²) in [4.78, 5) is 16.5. The molecule has 0 aliphatic rings. The summed E-state index contributed by atoms with van der Waals surface area (Å²) in [6, 6.07) is 15.1. The van der Waals surface area contributed by atoms with Crippen LogP contribution in [-0.2, 0) is 0 Å². The van der Waals surface area contributed by atoms with E-state index in [4.69, 9.17) is 4.42 Å². The largest absolute Gasteiger partial charge is 0.419 e. The number of hydrogen-bond donors (Lipinski definition) is 0. The zero-order chi connectivity index (χ0) is 13.5. The number of fused-ring (bicyclic) bond motifs is 2. The summed E-state index contributed by atoms with van der Waals surface area (Å²) in [5, 5.41) is 0. The molecule has 0 saturated heterocycles. The molecule has 0 radical (unpaired) electrons. The molecule has 0 fully saturated rings. The second-order valence-electron chi connectivity index (χ2n) is 4.58. The summed E-state index contributed by atoms with van der Waals surface area (Å²) in [5.41, 5.74) is 2.88. The standard InChI is InChI=1S/C16H10N2O2/c19-16-15(17-13-6-1-2-7-14(13)20-16)11-9-12-5-3-4-8-18(12)10-11/h1-10H. The van der Waals surface area contributed by atoms with Crippen molar-refractivity contribution in [1.29, 1.82) is 0 Å². The molecule has 3 aromatic heterocycles. The zero-order valence-electron chi connectivity index (χ0n) is 10.5. The van der Waals surface area contributed by atoms with Crippen molar-refractivity contribution in [2.75, 3.05) is 0 Å². The molecule has 1 aromatic carbocycles. The third-order valence-corrected chi connectivity index (χ3v) is 3.27. The lowest BCUT2D eigenvalue weighted by Crippen LogP contribution is -2.05. The van der Waals surface area contributed by atoms with E-state index >= 15 is 0 Å². The lowest BCUT2D eigenvalue weighted by molar-refractivity contribution is 0.558. The summed E-state index contributed by atoms with van der Waals surface area (Å²) in [6.45, 7) is 0. The fourth-order valence-electron chi connectivity index (χ4n) is 2.32. The van der Waals surface area contributed by atoms with Gasteiger partial charge in [0.2, 0.25) is 0 Å². The Labute approximate surface area is 113 Å². The van der Waals surface area contributed by atoms with Crippen LogP contribution in [0.3, 0.4) is 0 Å². The molecule has 0 amide bonds. The number of rotatable bonds is 1. The maximum Gasteiger partial charge on any atom is 0.363 e. The maximum absolute atomic E-state index is 12.1. The summed E-state index contributed by atoms with van der Waals surface area (Å²) in [6.07, 6.45) is 3.81. The maximum atomic E-state index is 12.1. The summed E-state index contributed by atoms with van der Waals surface area (Å²) in [5.74, 6) is 0. The van der Waals surface area contributed by atoms with Gasteiger partial charge in [-0.1, -0.05) is 18.2 Å². The molecule has 0 aliphatic heterocycles. The third-order valence-electron chi connectivity index (χ3n) is 3.27. The molecule has 0 N–H and O–H groups in total. The number of para-hydroxylation sites is 2. The van der Waals surface area contributed by atoms with Crippen LogP contribution >= 0.6 is 0 Å². The van der Waals surface area contributed by atoms with Gasteiger partial charge in [0.05, 0.1) is 0 Å². The first-order chi connectivity index (χ1) is 9.81. The van der Waals surface area contributed by atoms with Gasteiger partial charge in [-0.25, -0.2) is 9.78 Å². The molecule has 4 aromatic rings. The minimum atomic E-state index is -0.417. The molecule has 0 saturated carbocycles. The van der Waals surface area contributed by atoms with Crippen LogP contribution in [0, 0.1) is 0 Å². The molecule has 0 unspecified atom stereocenters. The van der Waals surface area contributed by atoms with Crippen molar-refractivity contribution in [2.45, 2.75) is 0 Å². The van der Waals surface area contributed by atoms with Crippen LogP contribution in [0.4, 0.5) is 0 Å². The topological polar surface area (TPSA) is 47.5 Å². The van der Waals surface area contributed by atoms with Gasteiger partial charge in [-0.2, -0.15) is 0 Å². The van der Waals surface area contributed by atoms with Crippen LogP contribution in [0.15, 0.2) is 70.1 Å². The monoisotopic (exact) mass is 262 g/mol. The molecule has 4 heteroatoms. The van der Waals surface area contributed by atoms with Crippen LogP contribution in [-0.4, -0.2) is 9.38 Å². The highest BCUT2D eigenvalue weighted by Gasteiger charge is 2.11. The first-order valence-corrected chi connectivity index (χ1v) is 6.28. The predicted molar refractivity (Wildman–Crippen MR) is 76.7 cm³/mol. The Bertz CT molecular complexity index is 949. The normalized spacial score (nSPS) is 11.2. The Hall–Kier alpha value is -2.88. The fourth-order valence-corrected chi connectivity index (χ4v) is 2.32. The molecule has 4 rings (SSSR count). The number of aromatic nitrogens is 2. The van der Waals surface area contributed by atoms with E-state index in [2.05, 4.69) is 4.98 Å². The highest BCUT2D eigenvalue weighted by Crippen LogP contribution is 2.20. The lowest BCUT2D eigenvalue weighted by Gasteiger charge is -1.98. The Balaban J connectivity index is 2.01. The van der Waals surface area contributed by atoms with Gasteiger partial charge >= 0.3 is 5.63 Å². The second kappa shape index (κ2) is 4.06. The van der Waals surface area contributed by atoms with Crippen LogP contribution in [0.25, 0.3) is 27.9 Å². The Morgan fingerprint density at radius 2 is 1.90 bits per heavy atom. The molecular formula is C16H10N2O2. The minimum Gasteiger partial charge on any atom is -0.419 e. The molecular weight excluding hydrogens is 252 g/mol. The quantitative estimate of drug-likeness (QED) is 0.529. The van der Waals surface area contributed by atoms with E-state index in [9.17, 15) is 4.79 Å². The number of pyridine rings is 1. The van der Waals surface area contributed by atoms with E-state index in [-0.39, 0.29) is 0 Å². The van der Waals surface area contributed by atoms with E-state index < -0.39 is 5.63 Å². The number of hydrogen-bond acceptors (Lipinski definition) is 3. The third kappa shape index (κ3) is 1.62. The molecule has 0 aliphatic carbocycles. The summed E-state index contributed by atoms with van der Waals surface area (Å²) in [7, 11) is 0. The molecule has 3 heterocycles. The first-order valence-electron chi connectivity index (χ1n) is 6.28. The van der Waals surface area contributed by atoms with E-state index in [0.29, 0.717) is 16.8 Å². The molecule has 0 bridgehead atoms. The first kappa shape index (κ1) is 11.0.